The van der Waals surface area contributed by atoms with Crippen molar-refractivity contribution in [1.29, 1.82) is 0 Å². The highest BCUT2D eigenvalue weighted by molar-refractivity contribution is 6.30. The molecule has 26 heavy (non-hydrogen) atoms. The van der Waals surface area contributed by atoms with E-state index in [1.807, 2.05) is 18.2 Å². The van der Waals surface area contributed by atoms with Crippen LogP contribution >= 0.6 is 11.6 Å². The highest BCUT2D eigenvalue weighted by Gasteiger charge is 2.06. The summed E-state index contributed by atoms with van der Waals surface area (Å²) >= 11 is 6.18. The molecule has 0 amide bonds. The Bertz CT molecular complexity index is 841. The van der Waals surface area contributed by atoms with Crippen molar-refractivity contribution >= 4 is 11.6 Å². The molecule has 0 atom stereocenters. The predicted molar refractivity (Wildman–Crippen MR) is 109 cm³/mol. The Kier molecular flexibility index (Phi) is 6.32. The topological polar surface area (TPSA) is 21.3 Å². The summed E-state index contributed by atoms with van der Waals surface area (Å²) in [7, 11) is 0. The molecule has 134 valence electrons. The summed E-state index contributed by atoms with van der Waals surface area (Å²) in [5.41, 5.74) is 6.01. The lowest BCUT2D eigenvalue weighted by Crippen LogP contribution is -2.13. The maximum atomic E-state index is 6.18. The molecule has 0 saturated carbocycles. The van der Waals surface area contributed by atoms with Gasteiger partial charge < -0.3 is 10.1 Å². The summed E-state index contributed by atoms with van der Waals surface area (Å²) in [5.74, 6) is 0.867. The fourth-order valence-corrected chi connectivity index (χ4v) is 2.91. The lowest BCUT2D eigenvalue weighted by molar-refractivity contribution is 0.302. The van der Waals surface area contributed by atoms with Gasteiger partial charge in [-0.1, -0.05) is 71.3 Å². The third kappa shape index (κ3) is 5.35. The van der Waals surface area contributed by atoms with Gasteiger partial charge >= 0.3 is 0 Å². The largest absolute Gasteiger partial charge is 0.489 e. The van der Waals surface area contributed by atoms with E-state index in [1.54, 1.807) is 0 Å². The first kappa shape index (κ1) is 18.5. The zero-order chi connectivity index (χ0) is 18.4. The second kappa shape index (κ2) is 8.88. The average molecular weight is 366 g/mol. The molecule has 0 bridgehead atoms. The molecule has 1 N–H and O–H groups in total. The van der Waals surface area contributed by atoms with Crippen LogP contribution in [0, 0.1) is 13.8 Å². The van der Waals surface area contributed by atoms with Crippen molar-refractivity contribution in [3.8, 4) is 5.75 Å². The molecule has 0 unspecified atom stereocenters. The van der Waals surface area contributed by atoms with E-state index in [0.29, 0.717) is 13.2 Å². The number of hydrogen-bond donors (Lipinski definition) is 1. The molecule has 0 saturated heterocycles. The highest BCUT2D eigenvalue weighted by atomic mass is 35.5. The number of nitrogens with one attached hydrogen (secondary N) is 1. The summed E-state index contributed by atoms with van der Waals surface area (Å²) in [4.78, 5) is 0. The van der Waals surface area contributed by atoms with Gasteiger partial charge in [-0.25, -0.2) is 0 Å². The molecular weight excluding hydrogens is 342 g/mol. The molecule has 3 aromatic rings. The van der Waals surface area contributed by atoms with Gasteiger partial charge in [-0.3, -0.25) is 0 Å². The van der Waals surface area contributed by atoms with Gasteiger partial charge in [-0.2, -0.15) is 0 Å². The van der Waals surface area contributed by atoms with Crippen molar-refractivity contribution in [3.05, 3.63) is 99.6 Å². The number of aryl methyl sites for hydroxylation is 2. The molecule has 0 aliphatic carbocycles. The van der Waals surface area contributed by atoms with Gasteiger partial charge in [-0.05, 0) is 43.2 Å². The van der Waals surface area contributed by atoms with Crippen molar-refractivity contribution in [2.75, 3.05) is 0 Å². The van der Waals surface area contributed by atoms with Crippen LogP contribution in [0.3, 0.4) is 0 Å². The summed E-state index contributed by atoms with van der Waals surface area (Å²) in [6, 6.07) is 22.7. The van der Waals surface area contributed by atoms with Gasteiger partial charge in [0.2, 0.25) is 0 Å². The number of hydrogen-bond acceptors (Lipinski definition) is 2. The summed E-state index contributed by atoms with van der Waals surface area (Å²) < 4.78 is 6.04. The van der Waals surface area contributed by atoms with E-state index in [9.17, 15) is 0 Å². The molecule has 0 aliphatic rings. The van der Waals surface area contributed by atoms with E-state index in [-0.39, 0.29) is 0 Å². The minimum Gasteiger partial charge on any atom is -0.489 e. The molecule has 3 heteroatoms. The second-order valence-corrected chi connectivity index (χ2v) is 7.05. The molecule has 0 spiro atoms. The van der Waals surface area contributed by atoms with E-state index < -0.39 is 0 Å². The molecule has 0 aromatic heterocycles. The van der Waals surface area contributed by atoms with Crippen LogP contribution in [-0.2, 0) is 19.7 Å². The van der Waals surface area contributed by atoms with Crippen molar-refractivity contribution in [2.24, 2.45) is 0 Å². The van der Waals surface area contributed by atoms with Crippen LogP contribution in [0.5, 0.6) is 5.75 Å². The second-order valence-electron chi connectivity index (χ2n) is 6.62. The molecule has 3 aromatic carbocycles. The summed E-state index contributed by atoms with van der Waals surface area (Å²) in [5, 5.41) is 4.19. The van der Waals surface area contributed by atoms with Crippen LogP contribution in [0.15, 0.2) is 66.7 Å². The molecule has 3 rings (SSSR count). The molecular formula is C23H24ClNO. The van der Waals surface area contributed by atoms with Gasteiger partial charge in [0, 0.05) is 23.7 Å². The van der Waals surface area contributed by atoms with Crippen molar-refractivity contribution in [1.82, 2.24) is 5.32 Å². The first-order chi connectivity index (χ1) is 12.6. The normalized spacial score (nSPS) is 10.7. The Balaban J connectivity index is 1.61. The summed E-state index contributed by atoms with van der Waals surface area (Å²) in [6.07, 6.45) is 0. The fourth-order valence-electron chi connectivity index (χ4n) is 2.72. The third-order valence-electron chi connectivity index (χ3n) is 4.30. The smallest absolute Gasteiger partial charge is 0.124 e. The van der Waals surface area contributed by atoms with Crippen molar-refractivity contribution in [3.63, 3.8) is 0 Å². The van der Waals surface area contributed by atoms with E-state index in [0.717, 1.165) is 28.4 Å². The van der Waals surface area contributed by atoms with Crippen LogP contribution < -0.4 is 10.1 Å². The fraction of sp³-hybridized carbons (Fsp3) is 0.217. The number of benzene rings is 3. The van der Waals surface area contributed by atoms with Gasteiger partial charge in [0.1, 0.15) is 12.4 Å². The van der Waals surface area contributed by atoms with Gasteiger partial charge in [0.15, 0.2) is 0 Å². The minimum atomic E-state index is 0.548. The number of ether oxygens (including phenoxy) is 1. The van der Waals surface area contributed by atoms with Gasteiger partial charge in [-0.15, -0.1) is 0 Å². The standard InChI is InChI=1S/C23H24ClNO/c1-17-3-7-19(8-4-17)14-25-15-21-13-22(24)11-12-23(21)26-16-20-9-5-18(2)6-10-20/h3-13,25H,14-16H2,1-2H3. The van der Waals surface area contributed by atoms with Crippen LogP contribution in [0.2, 0.25) is 5.02 Å². The van der Waals surface area contributed by atoms with Crippen LogP contribution in [0.25, 0.3) is 0 Å². The average Bonchev–Trinajstić information content (AvgIpc) is 2.64. The number of rotatable bonds is 7. The van der Waals surface area contributed by atoms with E-state index in [1.165, 1.54) is 16.7 Å². The van der Waals surface area contributed by atoms with Crippen LogP contribution in [-0.4, -0.2) is 0 Å². The van der Waals surface area contributed by atoms with E-state index in [2.05, 4.69) is 67.7 Å². The lowest BCUT2D eigenvalue weighted by atomic mass is 10.1. The predicted octanol–water partition coefficient (Wildman–Crippen LogP) is 5.83. The number of halogens is 1. The first-order valence-corrected chi connectivity index (χ1v) is 9.21. The quantitative estimate of drug-likeness (QED) is 0.569. The lowest BCUT2D eigenvalue weighted by Gasteiger charge is -2.13. The van der Waals surface area contributed by atoms with Gasteiger partial charge in [0.25, 0.3) is 0 Å². The van der Waals surface area contributed by atoms with Gasteiger partial charge in [0.05, 0.1) is 0 Å². The van der Waals surface area contributed by atoms with Crippen LogP contribution in [0.1, 0.15) is 27.8 Å². The molecule has 0 aliphatic heterocycles. The maximum absolute atomic E-state index is 6.18. The molecule has 0 radical (unpaired) electrons. The Morgan fingerprint density at radius 1 is 0.769 bits per heavy atom. The zero-order valence-corrected chi connectivity index (χ0v) is 16.0. The Labute approximate surface area is 160 Å². The third-order valence-corrected chi connectivity index (χ3v) is 4.54. The summed E-state index contributed by atoms with van der Waals surface area (Å²) in [6.45, 7) is 6.25. The van der Waals surface area contributed by atoms with Crippen molar-refractivity contribution in [2.45, 2.75) is 33.5 Å². The first-order valence-electron chi connectivity index (χ1n) is 8.83. The van der Waals surface area contributed by atoms with E-state index >= 15 is 0 Å². The van der Waals surface area contributed by atoms with Crippen molar-refractivity contribution < 1.29 is 4.74 Å². The highest BCUT2D eigenvalue weighted by Crippen LogP contribution is 2.24. The maximum Gasteiger partial charge on any atom is 0.124 e. The minimum absolute atomic E-state index is 0.548. The monoisotopic (exact) mass is 365 g/mol. The molecule has 2 nitrogen and oxygen atoms in total. The van der Waals surface area contributed by atoms with Crippen LogP contribution in [0.4, 0.5) is 0 Å². The Morgan fingerprint density at radius 2 is 1.38 bits per heavy atom. The molecule has 0 heterocycles. The Hall–Kier alpha value is -2.29. The Morgan fingerprint density at radius 3 is 2.04 bits per heavy atom. The zero-order valence-electron chi connectivity index (χ0n) is 15.3. The SMILES string of the molecule is Cc1ccc(CNCc2cc(Cl)ccc2OCc2ccc(C)cc2)cc1. The van der Waals surface area contributed by atoms with E-state index in [4.69, 9.17) is 16.3 Å². The molecule has 0 fully saturated rings.